The molecule has 0 fully saturated rings. The minimum atomic E-state index is 0.293. The number of nitrogens with zero attached hydrogens (tertiary/aromatic N) is 4. The van der Waals surface area contributed by atoms with E-state index in [-0.39, 0.29) is 0 Å². The van der Waals surface area contributed by atoms with E-state index in [1.165, 1.54) is 0 Å². The number of hydrogen-bond acceptors (Lipinski definition) is 14. The van der Waals surface area contributed by atoms with Gasteiger partial charge in [-0.3, -0.25) is 0 Å². The molecular weight excluding hydrogens is 648 g/mol. The van der Waals surface area contributed by atoms with E-state index in [1.807, 2.05) is 48.5 Å². The maximum absolute atomic E-state index is 5.78. The van der Waals surface area contributed by atoms with Gasteiger partial charge in [0, 0.05) is 35.9 Å². The van der Waals surface area contributed by atoms with E-state index in [0.29, 0.717) is 118 Å². The number of benzene rings is 2. The fourth-order valence-electron chi connectivity index (χ4n) is 4.47. The van der Waals surface area contributed by atoms with Crippen LogP contribution in [0.15, 0.2) is 73.3 Å². The number of rotatable bonds is 0. The minimum Gasteiger partial charge on any atom is -0.491 e. The fourth-order valence-corrected chi connectivity index (χ4v) is 4.47. The van der Waals surface area contributed by atoms with Crippen molar-refractivity contribution < 1.29 is 47.4 Å². The Morgan fingerprint density at radius 1 is 0.280 bits per heavy atom. The molecule has 50 heavy (non-hydrogen) atoms. The van der Waals surface area contributed by atoms with Gasteiger partial charge in [-0.1, -0.05) is 24.3 Å². The second-order valence-electron chi connectivity index (χ2n) is 10.6. The Balaban J connectivity index is 1.02. The van der Waals surface area contributed by atoms with Crippen LogP contribution in [0.3, 0.4) is 0 Å². The third kappa shape index (κ3) is 13.8. The lowest BCUT2D eigenvalue weighted by Crippen LogP contribution is -2.14. The van der Waals surface area contributed by atoms with Gasteiger partial charge >= 0.3 is 12.0 Å². The Morgan fingerprint density at radius 3 is 0.840 bits per heavy atom. The van der Waals surface area contributed by atoms with E-state index in [9.17, 15) is 0 Å². The predicted octanol–water partition coefficient (Wildman–Crippen LogP) is 3.93. The lowest BCUT2D eigenvalue weighted by molar-refractivity contribution is 0.00456. The van der Waals surface area contributed by atoms with Crippen LogP contribution in [-0.2, 0) is 28.4 Å². The molecule has 0 radical (unpaired) electrons. The first-order valence-corrected chi connectivity index (χ1v) is 16.7. The molecule has 268 valence electrons. The van der Waals surface area contributed by atoms with E-state index < -0.39 is 0 Å². The molecule has 12 heterocycles. The summed E-state index contributed by atoms with van der Waals surface area (Å²) in [6.45, 7) is 6.90. The Kier molecular flexibility index (Phi) is 16.4. The van der Waals surface area contributed by atoms with Gasteiger partial charge in [0.2, 0.25) is 0 Å². The van der Waals surface area contributed by atoms with Gasteiger partial charge in [-0.25, -0.2) is 19.9 Å². The summed E-state index contributed by atoms with van der Waals surface area (Å²) in [6.07, 6.45) is 6.90. The van der Waals surface area contributed by atoms with Crippen LogP contribution in [0.4, 0.5) is 0 Å². The molecule has 10 aliphatic heterocycles. The SMILES string of the molecule is c1cc2ccc1OCCOCCOCCOCCOc1ncc(cn1)-c1ccc(cc1)OCCOCCOCCOCCOc1ncc-2cn1. The summed E-state index contributed by atoms with van der Waals surface area (Å²) in [5.41, 5.74) is 3.68. The fraction of sp³-hybridized carbons (Fsp3) is 0.444. The first kappa shape index (κ1) is 36.8. The Morgan fingerprint density at radius 2 is 0.540 bits per heavy atom. The molecule has 0 spiro atoms. The molecule has 0 amide bonds. The second kappa shape index (κ2) is 22.3. The first-order valence-electron chi connectivity index (χ1n) is 16.7. The summed E-state index contributed by atoms with van der Waals surface area (Å²) in [4.78, 5) is 17.2. The van der Waals surface area contributed by atoms with E-state index in [0.717, 1.165) is 33.8 Å². The van der Waals surface area contributed by atoms with Gasteiger partial charge in [0.1, 0.15) is 37.9 Å². The third-order valence-corrected chi connectivity index (χ3v) is 7.03. The lowest BCUT2D eigenvalue weighted by Gasteiger charge is -2.10. The van der Waals surface area contributed by atoms with Crippen LogP contribution in [0.1, 0.15) is 0 Å². The van der Waals surface area contributed by atoms with Crippen LogP contribution >= 0.6 is 0 Å². The van der Waals surface area contributed by atoms with Crippen molar-refractivity contribution in [2.45, 2.75) is 0 Å². The zero-order valence-corrected chi connectivity index (χ0v) is 28.1. The molecule has 0 saturated carbocycles. The Hall–Kier alpha value is -4.44. The van der Waals surface area contributed by atoms with Crippen LogP contribution < -0.4 is 18.9 Å². The van der Waals surface area contributed by atoms with Crippen molar-refractivity contribution in [2.24, 2.45) is 0 Å². The molecule has 2 aromatic carbocycles. The average Bonchev–Trinajstić information content (AvgIpc) is 3.16. The molecular formula is C36H44N4O10. The number of aromatic nitrogens is 4. The van der Waals surface area contributed by atoms with Gasteiger partial charge < -0.3 is 47.4 Å². The predicted molar refractivity (Wildman–Crippen MR) is 182 cm³/mol. The highest BCUT2D eigenvalue weighted by molar-refractivity contribution is 5.63. The van der Waals surface area contributed by atoms with Gasteiger partial charge in [0.05, 0.1) is 79.3 Å². The van der Waals surface area contributed by atoms with E-state index >= 15 is 0 Å². The molecule has 8 bridgehead atoms. The van der Waals surface area contributed by atoms with E-state index in [2.05, 4.69) is 19.9 Å². The van der Waals surface area contributed by atoms with Gasteiger partial charge in [-0.05, 0) is 35.4 Å². The molecule has 0 aliphatic carbocycles. The summed E-state index contributed by atoms with van der Waals surface area (Å²) in [7, 11) is 0. The maximum atomic E-state index is 5.78. The van der Waals surface area contributed by atoms with Crippen LogP contribution in [-0.4, -0.2) is 126 Å². The minimum absolute atomic E-state index is 0.293. The zero-order valence-electron chi connectivity index (χ0n) is 28.1. The highest BCUT2D eigenvalue weighted by Crippen LogP contribution is 2.23. The van der Waals surface area contributed by atoms with Gasteiger partial charge in [-0.2, -0.15) is 0 Å². The van der Waals surface area contributed by atoms with Crippen molar-refractivity contribution in [2.75, 3.05) is 106 Å². The monoisotopic (exact) mass is 692 g/mol. The first-order chi connectivity index (χ1) is 24.8. The number of hydrogen-bond donors (Lipinski definition) is 0. The molecule has 14 rings (SSSR count). The standard InChI is InChI=1S/C36H44N4O10/c1-5-33-6-2-29(1)31-25-37-35(38-26-31)49-23-19-45-15-12-42-10-14-44-18-22-48-34-7-3-30(4-8-34)32-27-39-36(40-28-32)50-24-20-46-16-11-41-9-13-43-17-21-47-33/h1-8,25-28H,9-24H2. The normalized spacial score (nSPS) is 17.3. The zero-order chi connectivity index (χ0) is 34.3. The second-order valence-corrected chi connectivity index (χ2v) is 10.6. The van der Waals surface area contributed by atoms with Crippen molar-refractivity contribution in [1.29, 1.82) is 0 Å². The molecule has 4 aromatic rings. The molecule has 0 N–H and O–H groups in total. The summed E-state index contributed by atoms with van der Waals surface area (Å²) >= 11 is 0. The van der Waals surface area contributed by atoms with Crippen molar-refractivity contribution in [3.05, 3.63) is 73.3 Å². The highest BCUT2D eigenvalue weighted by atomic mass is 16.6. The maximum Gasteiger partial charge on any atom is 0.316 e. The van der Waals surface area contributed by atoms with Crippen molar-refractivity contribution >= 4 is 0 Å². The summed E-state index contributed by atoms with van der Waals surface area (Å²) in [5.74, 6) is 1.50. The van der Waals surface area contributed by atoms with Crippen molar-refractivity contribution in [3.8, 4) is 45.8 Å². The van der Waals surface area contributed by atoms with E-state index in [1.54, 1.807) is 24.8 Å². The quantitative estimate of drug-likeness (QED) is 0.263. The van der Waals surface area contributed by atoms with Gasteiger partial charge in [-0.15, -0.1) is 0 Å². The summed E-state index contributed by atoms with van der Waals surface area (Å²) in [6, 6.07) is 16.0. The Bertz CT molecular complexity index is 1240. The van der Waals surface area contributed by atoms with Crippen molar-refractivity contribution in [3.63, 3.8) is 0 Å². The summed E-state index contributed by atoms with van der Waals surface area (Å²) in [5, 5.41) is 0. The topological polar surface area (TPSA) is 144 Å². The highest BCUT2D eigenvalue weighted by Gasteiger charge is 2.05. The van der Waals surface area contributed by atoms with Gasteiger partial charge in [0.15, 0.2) is 0 Å². The van der Waals surface area contributed by atoms with Crippen LogP contribution in [0.25, 0.3) is 22.3 Å². The smallest absolute Gasteiger partial charge is 0.316 e. The Labute approximate surface area is 291 Å². The third-order valence-electron chi connectivity index (χ3n) is 7.03. The van der Waals surface area contributed by atoms with Crippen LogP contribution in [0.5, 0.6) is 23.5 Å². The largest absolute Gasteiger partial charge is 0.491 e. The molecule has 14 nitrogen and oxygen atoms in total. The molecule has 0 atom stereocenters. The van der Waals surface area contributed by atoms with Crippen LogP contribution in [0, 0.1) is 0 Å². The van der Waals surface area contributed by atoms with E-state index in [4.69, 9.17) is 47.4 Å². The summed E-state index contributed by atoms with van der Waals surface area (Å²) < 4.78 is 56.1. The van der Waals surface area contributed by atoms with Crippen molar-refractivity contribution in [1.82, 2.24) is 19.9 Å². The molecule has 2 aromatic heterocycles. The number of ether oxygens (including phenoxy) is 10. The van der Waals surface area contributed by atoms with Crippen LogP contribution in [0.2, 0.25) is 0 Å². The lowest BCUT2D eigenvalue weighted by atomic mass is 10.1. The molecule has 0 unspecified atom stereocenters. The molecule has 0 saturated heterocycles. The van der Waals surface area contributed by atoms with Gasteiger partial charge in [0.25, 0.3) is 0 Å². The average molecular weight is 693 g/mol. The molecule has 14 heteroatoms. The molecule has 10 aliphatic rings.